The number of anilines is 3. The Bertz CT molecular complexity index is 1200. The lowest BCUT2D eigenvalue weighted by Crippen LogP contribution is -2.43. The van der Waals surface area contributed by atoms with Gasteiger partial charge in [-0.05, 0) is 73.3 Å². The molecule has 0 bridgehead atoms. The smallest absolute Gasteiger partial charge is 0.321 e. The second-order valence-electron chi connectivity index (χ2n) is 9.58. The van der Waals surface area contributed by atoms with Gasteiger partial charge in [-0.2, -0.15) is 0 Å². The van der Waals surface area contributed by atoms with E-state index in [1.165, 1.54) is 12.8 Å². The lowest BCUT2D eigenvalue weighted by atomic mass is 9.80. The van der Waals surface area contributed by atoms with Crippen LogP contribution in [-0.4, -0.2) is 43.0 Å². The number of amides is 3. The first-order chi connectivity index (χ1) is 17.0. The number of rotatable bonds is 4. The van der Waals surface area contributed by atoms with E-state index in [0.717, 1.165) is 43.7 Å². The van der Waals surface area contributed by atoms with Gasteiger partial charge in [0.15, 0.2) is 0 Å². The van der Waals surface area contributed by atoms with Gasteiger partial charge in [0.25, 0.3) is 5.91 Å². The summed E-state index contributed by atoms with van der Waals surface area (Å²) in [5, 5.41) is 9.35. The summed E-state index contributed by atoms with van der Waals surface area (Å²) in [7, 11) is 0. The molecule has 2 aliphatic heterocycles. The number of hydrogen-bond donors (Lipinski definition) is 4. The zero-order valence-electron chi connectivity index (χ0n) is 19.7. The molecule has 3 aromatic rings. The Balaban J connectivity index is 1.21. The highest BCUT2D eigenvalue weighted by Gasteiger charge is 2.40. The third kappa shape index (κ3) is 5.15. The van der Waals surface area contributed by atoms with E-state index in [1.54, 1.807) is 30.3 Å². The van der Waals surface area contributed by atoms with E-state index in [-0.39, 0.29) is 17.4 Å². The molecule has 1 unspecified atom stereocenters. The van der Waals surface area contributed by atoms with E-state index in [2.05, 4.69) is 16.0 Å². The molecule has 0 saturated carbocycles. The first-order valence-electron chi connectivity index (χ1n) is 12.1. The molecule has 5 N–H and O–H groups in total. The van der Waals surface area contributed by atoms with Crippen LogP contribution in [0.3, 0.4) is 0 Å². The highest BCUT2D eigenvalue weighted by Crippen LogP contribution is 2.36. The quantitative estimate of drug-likeness (QED) is 0.413. The molecule has 180 valence electrons. The fourth-order valence-electron chi connectivity index (χ4n) is 5.06. The van der Waals surface area contributed by atoms with E-state index in [1.807, 2.05) is 47.4 Å². The summed E-state index contributed by atoms with van der Waals surface area (Å²) in [4.78, 5) is 27.5. The van der Waals surface area contributed by atoms with E-state index in [4.69, 9.17) is 5.73 Å². The van der Waals surface area contributed by atoms with Crippen molar-refractivity contribution in [2.75, 3.05) is 42.5 Å². The summed E-state index contributed by atoms with van der Waals surface area (Å²) < 4.78 is 0. The van der Waals surface area contributed by atoms with Crippen molar-refractivity contribution in [2.45, 2.75) is 19.3 Å². The van der Waals surface area contributed by atoms with E-state index >= 15 is 0 Å². The van der Waals surface area contributed by atoms with Crippen molar-refractivity contribution in [3.8, 4) is 11.1 Å². The Hall–Kier alpha value is -3.84. The first-order valence-corrected chi connectivity index (χ1v) is 12.1. The molecule has 0 radical (unpaired) electrons. The molecular weight excluding hydrogens is 438 g/mol. The van der Waals surface area contributed by atoms with Crippen LogP contribution in [0, 0.1) is 5.41 Å². The molecule has 1 atom stereocenters. The number of likely N-dealkylation sites (tertiary alicyclic amines) is 1. The fraction of sp³-hybridized carbons (Fsp3) is 0.286. The number of nitrogens with zero attached hydrogens (tertiary/aromatic N) is 1. The van der Waals surface area contributed by atoms with Crippen LogP contribution >= 0.6 is 0 Å². The Labute approximate surface area is 205 Å². The minimum Gasteiger partial charge on any atom is -0.397 e. The Morgan fingerprint density at radius 1 is 0.914 bits per heavy atom. The van der Waals surface area contributed by atoms with Crippen LogP contribution in [0.4, 0.5) is 21.9 Å². The van der Waals surface area contributed by atoms with Crippen molar-refractivity contribution in [2.24, 2.45) is 5.41 Å². The van der Waals surface area contributed by atoms with E-state index in [9.17, 15) is 9.59 Å². The molecule has 5 rings (SSSR count). The molecule has 0 aromatic heterocycles. The van der Waals surface area contributed by atoms with E-state index < -0.39 is 0 Å². The average Bonchev–Trinajstić information content (AvgIpc) is 3.30. The molecule has 2 aliphatic rings. The zero-order chi connectivity index (χ0) is 24.3. The number of carbonyl (C=O) groups excluding carboxylic acids is 2. The monoisotopic (exact) mass is 469 g/mol. The van der Waals surface area contributed by atoms with Crippen molar-refractivity contribution in [1.29, 1.82) is 0 Å². The van der Waals surface area contributed by atoms with Crippen LogP contribution in [0.1, 0.15) is 29.6 Å². The standard InChI is InChI=1S/C28H31N5O2/c29-24-12-9-22(20-5-2-1-3-6-20)17-25(24)32-26(34)21-7-10-23(11-8-21)31-27(35)33-16-14-28(19-33)13-4-15-30-18-28/h1-3,5-12,17,30H,4,13-16,18-19,29H2,(H,31,35)(H,32,34). The van der Waals surface area contributed by atoms with Gasteiger partial charge in [-0.15, -0.1) is 0 Å². The number of nitrogens with two attached hydrogens (primary N) is 1. The number of carbonyl (C=O) groups is 2. The van der Waals surface area contributed by atoms with Crippen LogP contribution in [0.5, 0.6) is 0 Å². The van der Waals surface area contributed by atoms with Gasteiger partial charge in [0, 0.05) is 36.3 Å². The number of hydrogen-bond acceptors (Lipinski definition) is 4. The van der Waals surface area contributed by atoms with Gasteiger partial charge >= 0.3 is 6.03 Å². The van der Waals surface area contributed by atoms with Crippen molar-refractivity contribution in [3.05, 3.63) is 78.4 Å². The van der Waals surface area contributed by atoms with Crippen LogP contribution < -0.4 is 21.7 Å². The number of piperidine rings is 1. The van der Waals surface area contributed by atoms with Gasteiger partial charge in [-0.1, -0.05) is 36.4 Å². The normalized spacial score (nSPS) is 19.5. The highest BCUT2D eigenvalue weighted by molar-refractivity contribution is 6.06. The molecular formula is C28H31N5O2. The summed E-state index contributed by atoms with van der Waals surface area (Å²) in [6, 6.07) is 22.4. The summed E-state index contributed by atoms with van der Waals surface area (Å²) in [5.41, 5.74) is 10.6. The third-order valence-electron chi connectivity index (χ3n) is 7.09. The third-order valence-corrected chi connectivity index (χ3v) is 7.09. The van der Waals surface area contributed by atoms with Crippen LogP contribution in [0.2, 0.25) is 0 Å². The molecule has 7 nitrogen and oxygen atoms in total. The maximum Gasteiger partial charge on any atom is 0.321 e. The Morgan fingerprint density at radius 2 is 1.71 bits per heavy atom. The SMILES string of the molecule is Nc1ccc(-c2ccccc2)cc1NC(=O)c1ccc(NC(=O)N2CCC3(CCCNC3)C2)cc1. The minimum atomic E-state index is -0.258. The summed E-state index contributed by atoms with van der Waals surface area (Å²) in [6.45, 7) is 3.62. The topological polar surface area (TPSA) is 99.5 Å². The fourth-order valence-corrected chi connectivity index (χ4v) is 5.06. The van der Waals surface area contributed by atoms with Crippen molar-refractivity contribution >= 4 is 29.0 Å². The molecule has 3 aromatic carbocycles. The molecule has 2 heterocycles. The Kier molecular flexibility index (Phi) is 6.42. The van der Waals surface area contributed by atoms with Crippen LogP contribution in [0.25, 0.3) is 11.1 Å². The molecule has 0 aliphatic carbocycles. The molecule has 7 heteroatoms. The van der Waals surface area contributed by atoms with Crippen molar-refractivity contribution in [1.82, 2.24) is 10.2 Å². The second-order valence-corrected chi connectivity index (χ2v) is 9.58. The summed E-state index contributed by atoms with van der Waals surface area (Å²) in [5.74, 6) is -0.258. The number of nitrogen functional groups attached to an aromatic ring is 1. The van der Waals surface area contributed by atoms with Gasteiger partial charge in [0.2, 0.25) is 0 Å². The number of nitrogens with one attached hydrogen (secondary N) is 3. The first kappa shape index (κ1) is 22.9. The minimum absolute atomic E-state index is 0.0878. The maximum atomic E-state index is 12.9. The van der Waals surface area contributed by atoms with Crippen LogP contribution in [-0.2, 0) is 0 Å². The lowest BCUT2D eigenvalue weighted by molar-refractivity contribution is 0.102. The van der Waals surface area contributed by atoms with Gasteiger partial charge in [-0.3, -0.25) is 4.79 Å². The predicted molar refractivity (Wildman–Crippen MR) is 140 cm³/mol. The molecule has 3 amide bonds. The summed E-state index contributed by atoms with van der Waals surface area (Å²) >= 11 is 0. The Morgan fingerprint density at radius 3 is 2.46 bits per heavy atom. The van der Waals surface area contributed by atoms with E-state index in [0.29, 0.717) is 22.6 Å². The zero-order valence-corrected chi connectivity index (χ0v) is 19.7. The second kappa shape index (κ2) is 9.80. The number of urea groups is 1. The van der Waals surface area contributed by atoms with Gasteiger partial charge < -0.3 is 26.6 Å². The van der Waals surface area contributed by atoms with Crippen molar-refractivity contribution < 1.29 is 9.59 Å². The van der Waals surface area contributed by atoms with Crippen molar-refractivity contribution in [3.63, 3.8) is 0 Å². The van der Waals surface area contributed by atoms with Gasteiger partial charge in [0.05, 0.1) is 11.4 Å². The predicted octanol–water partition coefficient (Wildman–Crippen LogP) is 4.80. The summed E-state index contributed by atoms with van der Waals surface area (Å²) in [6.07, 6.45) is 3.38. The van der Waals surface area contributed by atoms with Gasteiger partial charge in [0.1, 0.15) is 0 Å². The molecule has 2 fully saturated rings. The number of benzene rings is 3. The van der Waals surface area contributed by atoms with Crippen LogP contribution in [0.15, 0.2) is 72.8 Å². The molecule has 1 spiro atoms. The lowest BCUT2D eigenvalue weighted by Gasteiger charge is -2.33. The highest BCUT2D eigenvalue weighted by atomic mass is 16.2. The largest absolute Gasteiger partial charge is 0.397 e. The van der Waals surface area contributed by atoms with Gasteiger partial charge in [-0.25, -0.2) is 4.79 Å². The molecule has 35 heavy (non-hydrogen) atoms. The molecule has 2 saturated heterocycles. The average molecular weight is 470 g/mol. The maximum absolute atomic E-state index is 12.9.